The Morgan fingerprint density at radius 2 is 2.05 bits per heavy atom. The minimum atomic E-state index is -1.11. The zero-order valence-corrected chi connectivity index (χ0v) is 12.6. The quantitative estimate of drug-likeness (QED) is 0.845. The summed E-state index contributed by atoms with van der Waals surface area (Å²) in [6.07, 6.45) is 1.31. The van der Waals surface area contributed by atoms with E-state index in [0.29, 0.717) is 43.3 Å². The van der Waals surface area contributed by atoms with Gasteiger partial charge in [-0.25, -0.2) is 0 Å². The Labute approximate surface area is 124 Å². The molecule has 1 aromatic rings. The van der Waals surface area contributed by atoms with Gasteiger partial charge < -0.3 is 19.3 Å². The summed E-state index contributed by atoms with van der Waals surface area (Å²) >= 11 is 0. The molecular weight excluding hydrogens is 272 g/mol. The number of aliphatic hydroxyl groups is 1. The fourth-order valence-corrected chi connectivity index (χ4v) is 2.22. The van der Waals surface area contributed by atoms with E-state index in [2.05, 4.69) is 0 Å². The fraction of sp³-hybridized carbons (Fsp3) is 0.562. The average Bonchev–Trinajstić information content (AvgIpc) is 2.70. The molecule has 1 atom stereocenters. The maximum absolute atomic E-state index is 11.4. The SMILES string of the molecule is CCOC(=O)CCC(C)(O)c1ccc2c(c1)OCCCO2. The van der Waals surface area contributed by atoms with Crippen LogP contribution in [0.3, 0.4) is 0 Å². The van der Waals surface area contributed by atoms with Gasteiger partial charge in [-0.2, -0.15) is 0 Å². The lowest BCUT2D eigenvalue weighted by molar-refractivity contribution is -0.144. The zero-order valence-electron chi connectivity index (χ0n) is 12.6. The van der Waals surface area contributed by atoms with Crippen LogP contribution in [0.2, 0.25) is 0 Å². The van der Waals surface area contributed by atoms with E-state index in [-0.39, 0.29) is 12.4 Å². The largest absolute Gasteiger partial charge is 0.490 e. The Balaban J connectivity index is 2.08. The van der Waals surface area contributed by atoms with Crippen molar-refractivity contribution in [3.8, 4) is 11.5 Å². The third kappa shape index (κ3) is 4.11. The topological polar surface area (TPSA) is 65.0 Å². The Morgan fingerprint density at radius 1 is 1.33 bits per heavy atom. The van der Waals surface area contributed by atoms with Gasteiger partial charge in [0, 0.05) is 12.8 Å². The molecule has 21 heavy (non-hydrogen) atoms. The van der Waals surface area contributed by atoms with Crippen LogP contribution in [0.4, 0.5) is 0 Å². The van der Waals surface area contributed by atoms with E-state index in [1.54, 1.807) is 32.0 Å². The number of rotatable bonds is 5. The first kappa shape index (κ1) is 15.6. The van der Waals surface area contributed by atoms with Crippen LogP contribution in [0.5, 0.6) is 11.5 Å². The summed E-state index contributed by atoms with van der Waals surface area (Å²) in [4.78, 5) is 11.4. The van der Waals surface area contributed by atoms with E-state index in [1.807, 2.05) is 0 Å². The summed E-state index contributed by atoms with van der Waals surface area (Å²) in [5.41, 5.74) is -0.409. The summed E-state index contributed by atoms with van der Waals surface area (Å²) in [5.74, 6) is 1.03. The molecule has 1 aromatic carbocycles. The van der Waals surface area contributed by atoms with Gasteiger partial charge in [0.1, 0.15) is 0 Å². The van der Waals surface area contributed by atoms with Gasteiger partial charge in [0.05, 0.1) is 25.4 Å². The minimum Gasteiger partial charge on any atom is -0.490 e. The highest BCUT2D eigenvalue weighted by atomic mass is 16.5. The van der Waals surface area contributed by atoms with Crippen LogP contribution in [-0.2, 0) is 15.1 Å². The van der Waals surface area contributed by atoms with Crippen molar-refractivity contribution >= 4 is 5.97 Å². The van der Waals surface area contributed by atoms with E-state index in [1.165, 1.54) is 0 Å². The number of carbonyl (C=O) groups excluding carboxylic acids is 1. The molecule has 1 unspecified atom stereocenters. The highest BCUT2D eigenvalue weighted by molar-refractivity contribution is 5.69. The van der Waals surface area contributed by atoms with E-state index in [9.17, 15) is 9.90 Å². The Kier molecular flexibility index (Phi) is 5.07. The Morgan fingerprint density at radius 3 is 2.76 bits per heavy atom. The summed E-state index contributed by atoms with van der Waals surface area (Å²) < 4.78 is 16.1. The molecule has 0 amide bonds. The van der Waals surface area contributed by atoms with Crippen LogP contribution in [0, 0.1) is 0 Å². The van der Waals surface area contributed by atoms with Crippen LogP contribution in [0.15, 0.2) is 18.2 Å². The van der Waals surface area contributed by atoms with Crippen molar-refractivity contribution in [3.05, 3.63) is 23.8 Å². The van der Waals surface area contributed by atoms with Gasteiger partial charge in [-0.05, 0) is 38.0 Å². The Hall–Kier alpha value is -1.75. The molecule has 1 aliphatic heterocycles. The van der Waals surface area contributed by atoms with E-state index in [4.69, 9.17) is 14.2 Å². The lowest BCUT2D eigenvalue weighted by Crippen LogP contribution is -2.23. The van der Waals surface area contributed by atoms with Crippen molar-refractivity contribution in [1.29, 1.82) is 0 Å². The van der Waals surface area contributed by atoms with Crippen molar-refractivity contribution in [3.63, 3.8) is 0 Å². The van der Waals surface area contributed by atoms with Crippen molar-refractivity contribution in [2.45, 2.75) is 38.7 Å². The van der Waals surface area contributed by atoms with Gasteiger partial charge in [0.2, 0.25) is 0 Å². The lowest BCUT2D eigenvalue weighted by atomic mass is 9.91. The standard InChI is InChI=1S/C16H22O5/c1-3-19-15(17)7-8-16(2,18)12-5-6-13-14(11-12)21-10-4-9-20-13/h5-6,11,18H,3-4,7-10H2,1-2H3. The summed E-state index contributed by atoms with van der Waals surface area (Å²) in [7, 11) is 0. The Bertz CT molecular complexity index is 495. The highest BCUT2D eigenvalue weighted by Gasteiger charge is 2.26. The predicted molar refractivity (Wildman–Crippen MR) is 77.5 cm³/mol. The first-order valence-corrected chi connectivity index (χ1v) is 7.31. The molecule has 0 fully saturated rings. The van der Waals surface area contributed by atoms with Gasteiger partial charge >= 0.3 is 5.97 Å². The van der Waals surface area contributed by atoms with E-state index < -0.39 is 5.60 Å². The third-order valence-electron chi connectivity index (χ3n) is 3.49. The molecule has 0 saturated heterocycles. The fourth-order valence-electron chi connectivity index (χ4n) is 2.22. The van der Waals surface area contributed by atoms with Gasteiger partial charge in [0.25, 0.3) is 0 Å². The van der Waals surface area contributed by atoms with Crippen LogP contribution < -0.4 is 9.47 Å². The van der Waals surface area contributed by atoms with Gasteiger partial charge in [-0.1, -0.05) is 6.07 Å². The van der Waals surface area contributed by atoms with Gasteiger partial charge in [-0.15, -0.1) is 0 Å². The number of esters is 1. The van der Waals surface area contributed by atoms with Crippen LogP contribution in [0.1, 0.15) is 38.7 Å². The van der Waals surface area contributed by atoms with Crippen LogP contribution >= 0.6 is 0 Å². The normalized spacial score (nSPS) is 16.7. The molecule has 1 aliphatic rings. The van der Waals surface area contributed by atoms with E-state index >= 15 is 0 Å². The lowest BCUT2D eigenvalue weighted by Gasteiger charge is -2.24. The molecule has 1 heterocycles. The molecule has 5 heteroatoms. The van der Waals surface area contributed by atoms with Crippen LogP contribution in [-0.4, -0.2) is 30.9 Å². The van der Waals surface area contributed by atoms with Crippen molar-refractivity contribution in [2.75, 3.05) is 19.8 Å². The number of benzene rings is 1. The third-order valence-corrected chi connectivity index (χ3v) is 3.49. The highest BCUT2D eigenvalue weighted by Crippen LogP contribution is 2.35. The molecular formula is C16H22O5. The van der Waals surface area contributed by atoms with Gasteiger partial charge in [-0.3, -0.25) is 4.79 Å². The summed E-state index contributed by atoms with van der Waals surface area (Å²) in [5, 5.41) is 10.6. The maximum Gasteiger partial charge on any atom is 0.305 e. The maximum atomic E-state index is 11.4. The van der Waals surface area contributed by atoms with Gasteiger partial charge in [0.15, 0.2) is 11.5 Å². The molecule has 0 radical (unpaired) electrons. The number of hydrogen-bond donors (Lipinski definition) is 1. The van der Waals surface area contributed by atoms with E-state index in [0.717, 1.165) is 6.42 Å². The van der Waals surface area contributed by atoms with Crippen molar-refractivity contribution < 1.29 is 24.1 Å². The first-order chi connectivity index (χ1) is 10.0. The second kappa shape index (κ2) is 6.80. The number of fused-ring (bicyclic) bond motifs is 1. The molecule has 116 valence electrons. The molecule has 2 rings (SSSR count). The number of ether oxygens (including phenoxy) is 3. The van der Waals surface area contributed by atoms with Crippen molar-refractivity contribution in [1.82, 2.24) is 0 Å². The van der Waals surface area contributed by atoms with Crippen molar-refractivity contribution in [2.24, 2.45) is 0 Å². The molecule has 5 nitrogen and oxygen atoms in total. The molecule has 0 bridgehead atoms. The summed E-state index contributed by atoms with van der Waals surface area (Å²) in [6, 6.07) is 5.39. The predicted octanol–water partition coefficient (Wildman–Crippen LogP) is 2.40. The number of carbonyl (C=O) groups is 1. The zero-order chi connectivity index (χ0) is 15.3. The smallest absolute Gasteiger partial charge is 0.305 e. The monoisotopic (exact) mass is 294 g/mol. The molecule has 1 N–H and O–H groups in total. The summed E-state index contributed by atoms with van der Waals surface area (Å²) in [6.45, 7) is 5.03. The molecule has 0 aliphatic carbocycles. The number of hydrogen-bond acceptors (Lipinski definition) is 5. The molecule has 0 saturated carbocycles. The second-order valence-corrected chi connectivity index (χ2v) is 5.29. The molecule has 0 spiro atoms. The second-order valence-electron chi connectivity index (χ2n) is 5.29. The molecule has 0 aromatic heterocycles. The first-order valence-electron chi connectivity index (χ1n) is 7.31. The van der Waals surface area contributed by atoms with Crippen LogP contribution in [0.25, 0.3) is 0 Å². The minimum absolute atomic E-state index is 0.176. The average molecular weight is 294 g/mol.